The van der Waals surface area contributed by atoms with Crippen molar-refractivity contribution >= 4 is 10.9 Å². The number of nitrogens with zero attached hydrogens (tertiary/aromatic N) is 2. The van der Waals surface area contributed by atoms with E-state index in [9.17, 15) is 0 Å². The second kappa shape index (κ2) is 4.34. The molecular formula is C16H22N2. The van der Waals surface area contributed by atoms with Gasteiger partial charge in [-0.15, -0.1) is 0 Å². The van der Waals surface area contributed by atoms with Crippen LogP contribution in [0.25, 0.3) is 10.9 Å². The number of benzene rings is 1. The van der Waals surface area contributed by atoms with Gasteiger partial charge < -0.3 is 0 Å². The summed E-state index contributed by atoms with van der Waals surface area (Å²) in [5.41, 5.74) is 7.66. The second-order valence-electron chi connectivity index (χ2n) is 5.53. The second-order valence-corrected chi connectivity index (χ2v) is 5.53. The maximum atomic E-state index is 4.67. The third-order valence-corrected chi connectivity index (χ3v) is 4.01. The lowest BCUT2D eigenvalue weighted by molar-refractivity contribution is 0.815. The smallest absolute Gasteiger partial charge is 0.126 e. The first kappa shape index (κ1) is 13.0. The van der Waals surface area contributed by atoms with Crippen LogP contribution in [0.4, 0.5) is 0 Å². The summed E-state index contributed by atoms with van der Waals surface area (Å²) in [7, 11) is 0. The molecule has 2 rings (SSSR count). The summed E-state index contributed by atoms with van der Waals surface area (Å²) in [6.07, 6.45) is 0. The molecule has 96 valence electrons. The molecule has 1 aromatic heterocycles. The highest BCUT2D eigenvalue weighted by atomic mass is 14.9. The quantitative estimate of drug-likeness (QED) is 0.745. The zero-order valence-electron chi connectivity index (χ0n) is 12.5. The molecule has 0 radical (unpaired) electrons. The molecule has 0 saturated carbocycles. The van der Waals surface area contributed by atoms with Crippen molar-refractivity contribution in [3.8, 4) is 0 Å². The fraction of sp³-hybridized carbons (Fsp3) is 0.500. The van der Waals surface area contributed by atoms with E-state index in [0.29, 0.717) is 5.92 Å². The minimum atomic E-state index is 0.425. The van der Waals surface area contributed by atoms with E-state index < -0.39 is 0 Å². The Balaban J connectivity index is 3.05. The first-order chi connectivity index (χ1) is 8.34. The first-order valence-electron chi connectivity index (χ1n) is 6.59. The minimum absolute atomic E-state index is 0.425. The molecule has 0 spiro atoms. The summed E-state index contributed by atoms with van der Waals surface area (Å²) in [4.78, 5) is 9.33. The van der Waals surface area contributed by atoms with Gasteiger partial charge in [-0.25, -0.2) is 9.97 Å². The lowest BCUT2D eigenvalue weighted by Gasteiger charge is -2.18. The van der Waals surface area contributed by atoms with E-state index in [-0.39, 0.29) is 0 Å². The van der Waals surface area contributed by atoms with E-state index in [2.05, 4.69) is 51.5 Å². The summed E-state index contributed by atoms with van der Waals surface area (Å²) in [6.45, 7) is 15.1. The van der Waals surface area contributed by atoms with Gasteiger partial charge in [-0.3, -0.25) is 0 Å². The molecule has 2 aromatic rings. The Morgan fingerprint density at radius 3 is 1.83 bits per heavy atom. The fourth-order valence-corrected chi connectivity index (χ4v) is 2.58. The van der Waals surface area contributed by atoms with Gasteiger partial charge in [-0.1, -0.05) is 13.8 Å². The van der Waals surface area contributed by atoms with Crippen molar-refractivity contribution in [2.45, 2.75) is 54.4 Å². The van der Waals surface area contributed by atoms with Gasteiger partial charge in [0.05, 0.1) is 11.2 Å². The van der Waals surface area contributed by atoms with Gasteiger partial charge in [0.2, 0.25) is 0 Å². The van der Waals surface area contributed by atoms with Gasteiger partial charge >= 0.3 is 0 Å². The van der Waals surface area contributed by atoms with E-state index >= 15 is 0 Å². The molecule has 0 aliphatic heterocycles. The summed E-state index contributed by atoms with van der Waals surface area (Å²) in [5, 5.41) is 1.26. The molecule has 0 atom stereocenters. The van der Waals surface area contributed by atoms with Crippen molar-refractivity contribution in [1.82, 2.24) is 9.97 Å². The normalized spacial score (nSPS) is 11.6. The number of aromatic nitrogens is 2. The number of aryl methyl sites for hydroxylation is 3. The van der Waals surface area contributed by atoms with Crippen LogP contribution in [-0.2, 0) is 0 Å². The molecule has 0 bridgehead atoms. The molecule has 0 amide bonds. The van der Waals surface area contributed by atoms with Crippen LogP contribution in [0.15, 0.2) is 0 Å². The lowest BCUT2D eigenvalue weighted by Crippen LogP contribution is -2.05. The van der Waals surface area contributed by atoms with Gasteiger partial charge in [-0.05, 0) is 62.8 Å². The predicted octanol–water partition coefficient (Wildman–Crippen LogP) is 4.30. The summed E-state index contributed by atoms with van der Waals surface area (Å²) in [6, 6.07) is 0. The van der Waals surface area contributed by atoms with Crippen LogP contribution in [0.2, 0.25) is 0 Å². The van der Waals surface area contributed by atoms with Gasteiger partial charge in [0.15, 0.2) is 0 Å². The third-order valence-electron chi connectivity index (χ3n) is 4.01. The highest BCUT2D eigenvalue weighted by Gasteiger charge is 2.16. The van der Waals surface area contributed by atoms with Crippen LogP contribution in [0.3, 0.4) is 0 Å². The summed E-state index contributed by atoms with van der Waals surface area (Å²) >= 11 is 0. The Bertz CT molecular complexity index is 625. The maximum absolute atomic E-state index is 4.67. The number of rotatable bonds is 1. The largest absolute Gasteiger partial charge is 0.237 e. The van der Waals surface area contributed by atoms with Gasteiger partial charge in [0, 0.05) is 5.39 Å². The molecule has 2 nitrogen and oxygen atoms in total. The van der Waals surface area contributed by atoms with Crippen LogP contribution in [0.1, 0.15) is 53.5 Å². The van der Waals surface area contributed by atoms with E-state index in [0.717, 1.165) is 11.3 Å². The van der Waals surface area contributed by atoms with Crippen LogP contribution < -0.4 is 0 Å². The Morgan fingerprint density at radius 2 is 1.28 bits per heavy atom. The highest BCUT2D eigenvalue weighted by molar-refractivity contribution is 5.89. The monoisotopic (exact) mass is 242 g/mol. The van der Waals surface area contributed by atoms with E-state index in [1.807, 2.05) is 6.92 Å². The molecule has 0 saturated heterocycles. The lowest BCUT2D eigenvalue weighted by atomic mass is 9.91. The topological polar surface area (TPSA) is 25.8 Å². The van der Waals surface area contributed by atoms with Crippen molar-refractivity contribution in [2.24, 2.45) is 0 Å². The molecule has 18 heavy (non-hydrogen) atoms. The number of hydrogen-bond acceptors (Lipinski definition) is 2. The maximum Gasteiger partial charge on any atom is 0.126 e. The van der Waals surface area contributed by atoms with E-state index in [4.69, 9.17) is 0 Å². The van der Waals surface area contributed by atoms with Crippen LogP contribution in [0.5, 0.6) is 0 Å². The average molecular weight is 242 g/mol. The van der Waals surface area contributed by atoms with Gasteiger partial charge in [0.25, 0.3) is 0 Å². The average Bonchev–Trinajstić information content (AvgIpc) is 2.32. The Morgan fingerprint density at radius 1 is 0.722 bits per heavy atom. The molecule has 0 aliphatic rings. The van der Waals surface area contributed by atoms with Crippen molar-refractivity contribution < 1.29 is 0 Å². The Kier molecular flexibility index (Phi) is 3.14. The predicted molar refractivity (Wildman–Crippen MR) is 77.3 cm³/mol. The van der Waals surface area contributed by atoms with Crippen molar-refractivity contribution in [2.75, 3.05) is 0 Å². The SMILES string of the molecule is Cc1nc(C(C)C)c2c(C)c(C)c(C)c(C)c2n1. The fourth-order valence-electron chi connectivity index (χ4n) is 2.58. The molecular weight excluding hydrogens is 220 g/mol. The molecule has 0 unspecified atom stereocenters. The summed E-state index contributed by atoms with van der Waals surface area (Å²) < 4.78 is 0. The minimum Gasteiger partial charge on any atom is -0.237 e. The molecule has 1 heterocycles. The zero-order chi connectivity index (χ0) is 13.6. The molecule has 0 N–H and O–H groups in total. The third kappa shape index (κ3) is 1.80. The van der Waals surface area contributed by atoms with Crippen molar-refractivity contribution in [3.63, 3.8) is 0 Å². The van der Waals surface area contributed by atoms with Crippen LogP contribution in [-0.4, -0.2) is 9.97 Å². The van der Waals surface area contributed by atoms with E-state index in [1.165, 1.54) is 33.3 Å². The van der Waals surface area contributed by atoms with Crippen LogP contribution in [0, 0.1) is 34.6 Å². The van der Waals surface area contributed by atoms with Gasteiger partial charge in [-0.2, -0.15) is 0 Å². The number of hydrogen-bond donors (Lipinski definition) is 0. The summed E-state index contributed by atoms with van der Waals surface area (Å²) in [5.74, 6) is 1.30. The van der Waals surface area contributed by atoms with Crippen molar-refractivity contribution in [1.29, 1.82) is 0 Å². The first-order valence-corrected chi connectivity index (χ1v) is 6.59. The molecule has 0 aliphatic carbocycles. The zero-order valence-corrected chi connectivity index (χ0v) is 12.5. The van der Waals surface area contributed by atoms with Crippen molar-refractivity contribution in [3.05, 3.63) is 33.8 Å². The molecule has 0 fully saturated rings. The van der Waals surface area contributed by atoms with E-state index in [1.54, 1.807) is 0 Å². The Labute approximate surface area is 109 Å². The standard InChI is InChI=1S/C16H22N2/c1-8(2)15-14-11(5)9(3)10(4)12(6)16(14)18-13(7)17-15/h8H,1-7H3. The molecule has 2 heteroatoms. The molecule has 1 aromatic carbocycles. The highest BCUT2D eigenvalue weighted by Crippen LogP contribution is 2.32. The number of fused-ring (bicyclic) bond motifs is 1. The van der Waals surface area contributed by atoms with Crippen LogP contribution >= 0.6 is 0 Å². The Hall–Kier alpha value is -1.44. The van der Waals surface area contributed by atoms with Gasteiger partial charge in [0.1, 0.15) is 5.82 Å².